The zero-order valence-corrected chi connectivity index (χ0v) is 21.8. The second kappa shape index (κ2) is 11.4. The van der Waals surface area contributed by atoms with Gasteiger partial charge >= 0.3 is 0 Å². The fourth-order valence-corrected chi connectivity index (χ4v) is 4.54. The molecule has 3 aromatic rings. The molecule has 1 heterocycles. The molecule has 0 spiro atoms. The molecule has 1 aliphatic rings. The van der Waals surface area contributed by atoms with E-state index >= 15 is 0 Å². The van der Waals surface area contributed by atoms with Crippen molar-refractivity contribution in [2.45, 2.75) is 26.8 Å². The van der Waals surface area contributed by atoms with Crippen LogP contribution in [0.2, 0.25) is 0 Å². The van der Waals surface area contributed by atoms with Crippen LogP contribution in [-0.2, 0) is 20.9 Å². The molecule has 1 aliphatic heterocycles. The number of benzene rings is 3. The van der Waals surface area contributed by atoms with E-state index in [4.69, 9.17) is 4.74 Å². The van der Waals surface area contributed by atoms with Gasteiger partial charge in [-0.2, -0.15) is 0 Å². The molecule has 1 saturated heterocycles. The Morgan fingerprint density at radius 1 is 1.00 bits per heavy atom. The topological polar surface area (TPSA) is 87.7 Å². The molecule has 0 bridgehead atoms. The fraction of sp³-hybridized carbons (Fsp3) is 0.250. The lowest BCUT2D eigenvalue weighted by Crippen LogP contribution is -2.32. The number of nitrogens with one attached hydrogen (secondary N) is 2. The SMILES string of the molecule is Cc1ccc(CNC(=O)[C@@H]2CC(=O)N(c3ccc(OCC(=O)Nc4ccc(C)cc4Br)cc3)C2)cc1. The molecule has 0 unspecified atom stereocenters. The summed E-state index contributed by atoms with van der Waals surface area (Å²) in [6.45, 7) is 4.60. The number of rotatable bonds is 8. The third-order valence-electron chi connectivity index (χ3n) is 6.00. The number of carbonyl (C=O) groups is 3. The van der Waals surface area contributed by atoms with E-state index in [0.29, 0.717) is 30.2 Å². The highest BCUT2D eigenvalue weighted by atomic mass is 79.9. The maximum atomic E-state index is 12.6. The predicted molar refractivity (Wildman–Crippen MR) is 143 cm³/mol. The van der Waals surface area contributed by atoms with Crippen LogP contribution in [0.1, 0.15) is 23.1 Å². The molecule has 3 amide bonds. The van der Waals surface area contributed by atoms with Gasteiger partial charge in [0, 0.05) is 29.7 Å². The molecule has 1 atom stereocenters. The van der Waals surface area contributed by atoms with E-state index in [-0.39, 0.29) is 30.7 Å². The van der Waals surface area contributed by atoms with E-state index in [1.165, 1.54) is 0 Å². The van der Waals surface area contributed by atoms with Crippen molar-refractivity contribution in [2.24, 2.45) is 5.92 Å². The molecular weight excluding hydrogens is 522 g/mol. The monoisotopic (exact) mass is 549 g/mol. The zero-order chi connectivity index (χ0) is 25.7. The van der Waals surface area contributed by atoms with Crippen LogP contribution in [0.25, 0.3) is 0 Å². The lowest BCUT2D eigenvalue weighted by Gasteiger charge is -2.17. The largest absolute Gasteiger partial charge is 0.484 e. The molecule has 2 N–H and O–H groups in total. The Bertz CT molecular complexity index is 1260. The molecule has 4 rings (SSSR count). The first-order valence-electron chi connectivity index (χ1n) is 11.7. The van der Waals surface area contributed by atoms with Gasteiger partial charge in [0.15, 0.2) is 6.61 Å². The molecule has 186 valence electrons. The van der Waals surface area contributed by atoms with Crippen molar-refractivity contribution in [1.82, 2.24) is 5.32 Å². The Morgan fingerprint density at radius 3 is 2.39 bits per heavy atom. The van der Waals surface area contributed by atoms with Crippen molar-refractivity contribution in [3.05, 3.63) is 87.9 Å². The lowest BCUT2D eigenvalue weighted by atomic mass is 10.1. The lowest BCUT2D eigenvalue weighted by molar-refractivity contribution is -0.126. The number of halogens is 1. The summed E-state index contributed by atoms with van der Waals surface area (Å²) in [7, 11) is 0. The van der Waals surface area contributed by atoms with Crippen LogP contribution in [0, 0.1) is 19.8 Å². The summed E-state index contributed by atoms with van der Waals surface area (Å²) >= 11 is 3.44. The van der Waals surface area contributed by atoms with E-state index in [1.54, 1.807) is 29.2 Å². The minimum Gasteiger partial charge on any atom is -0.484 e. The summed E-state index contributed by atoms with van der Waals surface area (Å²) in [5, 5.41) is 5.74. The van der Waals surface area contributed by atoms with Gasteiger partial charge in [0.25, 0.3) is 5.91 Å². The number of carbonyl (C=O) groups excluding carboxylic acids is 3. The molecule has 0 aliphatic carbocycles. The Labute approximate surface area is 219 Å². The first-order chi connectivity index (χ1) is 17.3. The molecular formula is C28H28BrN3O4. The van der Waals surface area contributed by atoms with Crippen LogP contribution in [0.3, 0.4) is 0 Å². The summed E-state index contributed by atoms with van der Waals surface area (Å²) in [4.78, 5) is 39.1. The fourth-order valence-electron chi connectivity index (χ4n) is 3.95. The van der Waals surface area contributed by atoms with Crippen LogP contribution in [-0.4, -0.2) is 30.9 Å². The number of amides is 3. The minimum atomic E-state index is -0.399. The second-order valence-corrected chi connectivity index (χ2v) is 9.78. The van der Waals surface area contributed by atoms with Crippen LogP contribution in [0.5, 0.6) is 5.75 Å². The van der Waals surface area contributed by atoms with Crippen molar-refractivity contribution in [3.63, 3.8) is 0 Å². The summed E-state index contributed by atoms with van der Waals surface area (Å²) in [5.74, 6) is -0.391. The van der Waals surface area contributed by atoms with E-state index in [2.05, 4.69) is 26.6 Å². The summed E-state index contributed by atoms with van der Waals surface area (Å²) in [6.07, 6.45) is 0.173. The van der Waals surface area contributed by atoms with Crippen LogP contribution >= 0.6 is 15.9 Å². The van der Waals surface area contributed by atoms with Crippen molar-refractivity contribution in [2.75, 3.05) is 23.4 Å². The molecule has 36 heavy (non-hydrogen) atoms. The quantitative estimate of drug-likeness (QED) is 0.424. The van der Waals surface area contributed by atoms with E-state index < -0.39 is 5.92 Å². The van der Waals surface area contributed by atoms with Gasteiger partial charge in [0.05, 0.1) is 11.6 Å². The number of hydrogen-bond acceptors (Lipinski definition) is 4. The standard InChI is InChI=1S/C28H28BrN3O4/c1-18-3-6-20(7-4-18)15-30-28(35)21-14-27(34)32(16-21)22-8-10-23(11-9-22)36-17-26(33)31-25-12-5-19(2)13-24(25)29/h3-13,21H,14-17H2,1-2H3,(H,30,35)(H,31,33)/t21-/m1/s1. The maximum absolute atomic E-state index is 12.6. The number of ether oxygens (including phenoxy) is 1. The number of hydrogen-bond donors (Lipinski definition) is 2. The number of aryl methyl sites for hydroxylation is 2. The molecule has 0 saturated carbocycles. The van der Waals surface area contributed by atoms with Gasteiger partial charge in [-0.05, 0) is 77.3 Å². The molecule has 7 nitrogen and oxygen atoms in total. The zero-order valence-electron chi connectivity index (χ0n) is 20.2. The summed E-state index contributed by atoms with van der Waals surface area (Å²) in [6, 6.07) is 20.6. The van der Waals surface area contributed by atoms with Crippen LogP contribution in [0.4, 0.5) is 11.4 Å². The molecule has 0 radical (unpaired) electrons. The van der Waals surface area contributed by atoms with Gasteiger partial charge in [-0.15, -0.1) is 0 Å². The average molecular weight is 550 g/mol. The van der Waals surface area contributed by atoms with E-state index in [9.17, 15) is 14.4 Å². The first kappa shape index (κ1) is 25.4. The van der Waals surface area contributed by atoms with Gasteiger partial charge < -0.3 is 20.3 Å². The van der Waals surface area contributed by atoms with Gasteiger partial charge in [-0.3, -0.25) is 14.4 Å². The third kappa shape index (κ3) is 6.51. The Morgan fingerprint density at radius 2 is 1.69 bits per heavy atom. The van der Waals surface area contributed by atoms with E-state index in [0.717, 1.165) is 21.2 Å². The van der Waals surface area contributed by atoms with Crippen molar-refractivity contribution in [3.8, 4) is 5.75 Å². The minimum absolute atomic E-state index is 0.0952. The van der Waals surface area contributed by atoms with Crippen molar-refractivity contribution in [1.29, 1.82) is 0 Å². The normalized spacial score (nSPS) is 15.0. The maximum Gasteiger partial charge on any atom is 0.262 e. The van der Waals surface area contributed by atoms with Gasteiger partial charge in [-0.1, -0.05) is 35.9 Å². The molecule has 8 heteroatoms. The smallest absolute Gasteiger partial charge is 0.262 e. The van der Waals surface area contributed by atoms with Gasteiger partial charge in [0.1, 0.15) is 5.75 Å². The predicted octanol–water partition coefficient (Wildman–Crippen LogP) is 4.75. The summed E-state index contributed by atoms with van der Waals surface area (Å²) in [5.41, 5.74) is 4.63. The Balaban J connectivity index is 1.27. The number of nitrogens with zero attached hydrogens (tertiary/aromatic N) is 1. The Kier molecular flexibility index (Phi) is 8.05. The molecule has 0 aromatic heterocycles. The second-order valence-electron chi connectivity index (χ2n) is 8.92. The van der Waals surface area contributed by atoms with Gasteiger partial charge in [0.2, 0.25) is 11.8 Å². The summed E-state index contributed by atoms with van der Waals surface area (Å²) < 4.78 is 6.40. The average Bonchev–Trinajstić information content (AvgIpc) is 3.26. The number of anilines is 2. The highest BCUT2D eigenvalue weighted by Crippen LogP contribution is 2.27. The highest BCUT2D eigenvalue weighted by molar-refractivity contribution is 9.10. The highest BCUT2D eigenvalue weighted by Gasteiger charge is 2.35. The van der Waals surface area contributed by atoms with E-state index in [1.807, 2.05) is 56.3 Å². The van der Waals surface area contributed by atoms with Crippen molar-refractivity contribution >= 4 is 45.0 Å². The van der Waals surface area contributed by atoms with Crippen LogP contribution in [0.15, 0.2) is 71.2 Å². The van der Waals surface area contributed by atoms with Gasteiger partial charge in [-0.25, -0.2) is 0 Å². The molecule has 1 fully saturated rings. The van der Waals surface area contributed by atoms with Crippen LogP contribution < -0.4 is 20.3 Å². The van der Waals surface area contributed by atoms with Crippen molar-refractivity contribution < 1.29 is 19.1 Å². The first-order valence-corrected chi connectivity index (χ1v) is 12.5. The molecule has 3 aromatic carbocycles. The Hall–Kier alpha value is -3.65. The third-order valence-corrected chi connectivity index (χ3v) is 6.66.